The standard InChI is InChI=1S/C37H25NO/c1-37(2)29-16-8-5-11-23(29)28-21-22(19-20-30(28)37)38-31-17-9-6-14-26(31)34-35(38)25-13-4-3-12-24(25)33-27-15-7-10-18-32(27)39-36(33)34/h3-21H,1-2H3. The van der Waals surface area contributed by atoms with Crippen molar-refractivity contribution < 1.29 is 4.42 Å². The molecule has 9 rings (SSSR count). The first-order valence-corrected chi connectivity index (χ1v) is 13.6. The molecule has 0 atom stereocenters. The van der Waals surface area contributed by atoms with E-state index in [0.717, 1.165) is 11.2 Å². The van der Waals surface area contributed by atoms with Gasteiger partial charge >= 0.3 is 0 Å². The van der Waals surface area contributed by atoms with E-state index in [1.165, 1.54) is 71.3 Å². The summed E-state index contributed by atoms with van der Waals surface area (Å²) in [7, 11) is 0. The zero-order valence-corrected chi connectivity index (χ0v) is 21.8. The van der Waals surface area contributed by atoms with Crippen molar-refractivity contribution in [2.24, 2.45) is 0 Å². The van der Waals surface area contributed by atoms with Gasteiger partial charge in [0, 0.05) is 32.6 Å². The largest absolute Gasteiger partial charge is 0.455 e. The fraction of sp³-hybridized carbons (Fsp3) is 0.0811. The normalized spacial score (nSPS) is 14.1. The molecule has 6 aromatic carbocycles. The molecule has 0 radical (unpaired) electrons. The lowest BCUT2D eigenvalue weighted by molar-refractivity contribution is 0.660. The quantitative estimate of drug-likeness (QED) is 0.220. The van der Waals surface area contributed by atoms with Crippen molar-refractivity contribution in [3.8, 4) is 16.8 Å². The molecule has 0 saturated heterocycles. The molecular weight excluding hydrogens is 474 g/mol. The molecule has 39 heavy (non-hydrogen) atoms. The highest BCUT2D eigenvalue weighted by Crippen LogP contribution is 2.50. The molecule has 184 valence electrons. The molecule has 2 heterocycles. The van der Waals surface area contributed by atoms with Gasteiger partial charge in [0.25, 0.3) is 0 Å². The second-order valence-corrected chi connectivity index (χ2v) is 11.3. The van der Waals surface area contributed by atoms with Crippen LogP contribution in [0.5, 0.6) is 0 Å². The average Bonchev–Trinajstić information content (AvgIpc) is 3.60. The van der Waals surface area contributed by atoms with Crippen LogP contribution in [-0.2, 0) is 5.41 Å². The van der Waals surface area contributed by atoms with Gasteiger partial charge in [-0.2, -0.15) is 0 Å². The Morgan fingerprint density at radius 1 is 0.564 bits per heavy atom. The van der Waals surface area contributed by atoms with Gasteiger partial charge in [-0.1, -0.05) is 105 Å². The summed E-state index contributed by atoms with van der Waals surface area (Å²) in [6.07, 6.45) is 0. The lowest BCUT2D eigenvalue weighted by Gasteiger charge is -2.21. The number of para-hydroxylation sites is 2. The third kappa shape index (κ3) is 2.56. The molecule has 0 unspecified atom stereocenters. The van der Waals surface area contributed by atoms with Crippen molar-refractivity contribution in [1.82, 2.24) is 4.57 Å². The molecule has 8 aromatic rings. The Kier molecular flexibility index (Phi) is 3.89. The average molecular weight is 500 g/mol. The van der Waals surface area contributed by atoms with Crippen LogP contribution in [0.25, 0.3) is 71.3 Å². The monoisotopic (exact) mass is 499 g/mol. The van der Waals surface area contributed by atoms with E-state index in [1.807, 2.05) is 0 Å². The summed E-state index contributed by atoms with van der Waals surface area (Å²) in [6.45, 7) is 4.67. The summed E-state index contributed by atoms with van der Waals surface area (Å²) < 4.78 is 9.12. The third-order valence-corrected chi connectivity index (χ3v) is 8.97. The number of furan rings is 1. The van der Waals surface area contributed by atoms with Gasteiger partial charge in [-0.05, 0) is 51.9 Å². The first kappa shape index (κ1) is 21.2. The molecule has 0 amide bonds. The van der Waals surface area contributed by atoms with Crippen LogP contribution in [0.15, 0.2) is 120 Å². The van der Waals surface area contributed by atoms with Crippen LogP contribution in [0.4, 0.5) is 0 Å². The molecule has 1 aliphatic carbocycles. The van der Waals surface area contributed by atoms with E-state index < -0.39 is 0 Å². The Bertz CT molecular complexity index is 2310. The molecule has 0 saturated carbocycles. The topological polar surface area (TPSA) is 18.1 Å². The van der Waals surface area contributed by atoms with Crippen molar-refractivity contribution in [3.05, 3.63) is 126 Å². The Balaban J connectivity index is 1.49. The van der Waals surface area contributed by atoms with Crippen LogP contribution >= 0.6 is 0 Å². The number of fused-ring (bicyclic) bond motifs is 13. The fourth-order valence-electron chi connectivity index (χ4n) is 7.24. The second kappa shape index (κ2) is 7.18. The zero-order valence-electron chi connectivity index (χ0n) is 21.8. The molecule has 0 bridgehead atoms. The summed E-state index contributed by atoms with van der Waals surface area (Å²) >= 11 is 0. The van der Waals surface area contributed by atoms with Gasteiger partial charge in [0.1, 0.15) is 11.2 Å². The van der Waals surface area contributed by atoms with Gasteiger partial charge in [-0.25, -0.2) is 0 Å². The molecule has 1 aliphatic rings. The van der Waals surface area contributed by atoms with E-state index >= 15 is 0 Å². The van der Waals surface area contributed by atoms with Crippen molar-refractivity contribution in [2.75, 3.05) is 0 Å². The predicted molar refractivity (Wildman–Crippen MR) is 163 cm³/mol. The number of aromatic nitrogens is 1. The summed E-state index contributed by atoms with van der Waals surface area (Å²) in [4.78, 5) is 0. The lowest BCUT2D eigenvalue weighted by Crippen LogP contribution is -2.14. The number of nitrogens with zero attached hydrogens (tertiary/aromatic N) is 1. The predicted octanol–water partition coefficient (Wildman–Crippen LogP) is 10.1. The van der Waals surface area contributed by atoms with Crippen molar-refractivity contribution in [1.29, 1.82) is 0 Å². The van der Waals surface area contributed by atoms with E-state index in [0.29, 0.717) is 0 Å². The van der Waals surface area contributed by atoms with Crippen LogP contribution in [0.2, 0.25) is 0 Å². The maximum Gasteiger partial charge on any atom is 0.146 e. The Morgan fingerprint density at radius 3 is 2.10 bits per heavy atom. The minimum Gasteiger partial charge on any atom is -0.455 e. The molecule has 0 fully saturated rings. The van der Waals surface area contributed by atoms with Crippen LogP contribution in [0, 0.1) is 0 Å². The highest BCUT2D eigenvalue weighted by Gasteiger charge is 2.35. The first-order valence-electron chi connectivity index (χ1n) is 13.6. The van der Waals surface area contributed by atoms with Gasteiger partial charge < -0.3 is 8.98 Å². The van der Waals surface area contributed by atoms with E-state index in [-0.39, 0.29) is 5.41 Å². The molecule has 2 nitrogen and oxygen atoms in total. The maximum absolute atomic E-state index is 6.67. The molecule has 0 N–H and O–H groups in total. The van der Waals surface area contributed by atoms with Crippen LogP contribution in [-0.4, -0.2) is 4.57 Å². The molecule has 2 heteroatoms. The molecule has 0 aliphatic heterocycles. The van der Waals surface area contributed by atoms with Crippen LogP contribution < -0.4 is 0 Å². The number of hydrogen-bond donors (Lipinski definition) is 0. The van der Waals surface area contributed by atoms with E-state index in [4.69, 9.17) is 4.42 Å². The van der Waals surface area contributed by atoms with E-state index in [1.54, 1.807) is 0 Å². The third-order valence-electron chi connectivity index (χ3n) is 8.97. The molecular formula is C37H25NO. The minimum absolute atomic E-state index is 0.0155. The van der Waals surface area contributed by atoms with Gasteiger partial charge in [0.15, 0.2) is 0 Å². The van der Waals surface area contributed by atoms with E-state index in [2.05, 4.69) is 134 Å². The first-order chi connectivity index (χ1) is 19.1. The van der Waals surface area contributed by atoms with Crippen molar-refractivity contribution in [2.45, 2.75) is 19.3 Å². The highest BCUT2D eigenvalue weighted by atomic mass is 16.3. The number of benzene rings is 6. The maximum atomic E-state index is 6.67. The minimum atomic E-state index is -0.0155. The van der Waals surface area contributed by atoms with Gasteiger partial charge in [0.05, 0.1) is 16.4 Å². The zero-order chi connectivity index (χ0) is 25.9. The Hall–Kier alpha value is -4.82. The molecule has 0 spiro atoms. The summed E-state index contributed by atoms with van der Waals surface area (Å²) in [5.74, 6) is 0. The second-order valence-electron chi connectivity index (χ2n) is 11.3. The van der Waals surface area contributed by atoms with Crippen molar-refractivity contribution in [3.63, 3.8) is 0 Å². The van der Waals surface area contributed by atoms with Gasteiger partial charge in [0.2, 0.25) is 0 Å². The Labute approximate surface area is 225 Å². The van der Waals surface area contributed by atoms with Crippen LogP contribution in [0.1, 0.15) is 25.0 Å². The smallest absolute Gasteiger partial charge is 0.146 e. The van der Waals surface area contributed by atoms with Crippen molar-refractivity contribution >= 4 is 54.5 Å². The number of hydrogen-bond acceptors (Lipinski definition) is 1. The summed E-state index contributed by atoms with van der Waals surface area (Å²) in [6, 6.07) is 41.9. The summed E-state index contributed by atoms with van der Waals surface area (Å²) in [5, 5.41) is 7.21. The Morgan fingerprint density at radius 2 is 1.23 bits per heavy atom. The SMILES string of the molecule is CC1(C)c2ccccc2-c2cc(-n3c4ccccc4c4c5oc6ccccc6c5c5ccccc5c43)ccc21. The van der Waals surface area contributed by atoms with Gasteiger partial charge in [-0.15, -0.1) is 0 Å². The number of rotatable bonds is 1. The highest BCUT2D eigenvalue weighted by molar-refractivity contribution is 6.35. The fourth-order valence-corrected chi connectivity index (χ4v) is 7.24. The molecule has 2 aromatic heterocycles. The van der Waals surface area contributed by atoms with Crippen LogP contribution in [0.3, 0.4) is 0 Å². The van der Waals surface area contributed by atoms with E-state index in [9.17, 15) is 0 Å². The summed E-state index contributed by atoms with van der Waals surface area (Å²) in [5.41, 5.74) is 10.9. The lowest BCUT2D eigenvalue weighted by atomic mass is 9.82. The van der Waals surface area contributed by atoms with Gasteiger partial charge in [-0.3, -0.25) is 0 Å².